The van der Waals surface area contributed by atoms with Crippen molar-refractivity contribution in [2.24, 2.45) is 0 Å². The Balaban J connectivity index is 1.51. The van der Waals surface area contributed by atoms with Crippen LogP contribution < -0.4 is 4.90 Å². The van der Waals surface area contributed by atoms with Crippen molar-refractivity contribution < 1.29 is 22.4 Å². The quantitative estimate of drug-likeness (QED) is 0.712. The molecule has 2 amide bonds. The fourth-order valence-electron chi connectivity index (χ4n) is 4.01. The number of carbonyl (C=O) groups is 1. The molecule has 2 aromatic rings. The minimum atomic E-state index is -4.68. The SMILES string of the molecule is N#Cc1ccc(N2CC3CN(Cc4ccc(F)cc4)CCN3C2=O)cc1C(F)(F)F. The summed E-state index contributed by atoms with van der Waals surface area (Å²) < 4.78 is 52.9. The summed E-state index contributed by atoms with van der Waals surface area (Å²) in [7, 11) is 0. The number of hydrogen-bond acceptors (Lipinski definition) is 3. The fraction of sp³-hybridized carbons (Fsp3) is 0.333. The van der Waals surface area contributed by atoms with E-state index in [9.17, 15) is 22.4 Å². The number of hydrogen-bond donors (Lipinski definition) is 0. The molecule has 2 aliphatic rings. The van der Waals surface area contributed by atoms with Gasteiger partial charge in [-0.1, -0.05) is 12.1 Å². The normalized spacial score (nSPS) is 19.7. The summed E-state index contributed by atoms with van der Waals surface area (Å²) in [6.45, 7) is 2.52. The third-order valence-electron chi connectivity index (χ3n) is 5.50. The van der Waals surface area contributed by atoms with E-state index in [0.717, 1.165) is 17.7 Å². The lowest BCUT2D eigenvalue weighted by Gasteiger charge is -2.36. The summed E-state index contributed by atoms with van der Waals surface area (Å²) in [5.74, 6) is -0.304. The van der Waals surface area contributed by atoms with Crippen molar-refractivity contribution >= 4 is 11.7 Å². The van der Waals surface area contributed by atoms with Crippen LogP contribution in [-0.4, -0.2) is 48.1 Å². The van der Waals surface area contributed by atoms with Gasteiger partial charge in [-0.3, -0.25) is 9.80 Å². The van der Waals surface area contributed by atoms with E-state index in [1.807, 2.05) is 0 Å². The molecule has 1 unspecified atom stereocenters. The molecule has 4 rings (SSSR count). The van der Waals surface area contributed by atoms with E-state index in [0.29, 0.717) is 26.2 Å². The van der Waals surface area contributed by atoms with Crippen LogP contribution >= 0.6 is 0 Å². The lowest BCUT2D eigenvalue weighted by atomic mass is 10.1. The van der Waals surface area contributed by atoms with Gasteiger partial charge in [-0.25, -0.2) is 9.18 Å². The van der Waals surface area contributed by atoms with Crippen LogP contribution in [0.1, 0.15) is 16.7 Å². The highest BCUT2D eigenvalue weighted by Gasteiger charge is 2.42. The summed E-state index contributed by atoms with van der Waals surface area (Å²) in [6.07, 6.45) is -4.68. The summed E-state index contributed by atoms with van der Waals surface area (Å²) in [5, 5.41) is 8.96. The maximum Gasteiger partial charge on any atom is 0.417 e. The predicted octanol–water partition coefficient (Wildman–Crippen LogP) is 3.84. The van der Waals surface area contributed by atoms with Gasteiger partial charge in [0.15, 0.2) is 0 Å². The Bertz CT molecular complexity index is 1000. The van der Waals surface area contributed by atoms with Crippen molar-refractivity contribution in [3.8, 4) is 6.07 Å². The molecule has 2 fully saturated rings. The molecule has 2 aliphatic heterocycles. The van der Waals surface area contributed by atoms with Gasteiger partial charge >= 0.3 is 12.2 Å². The zero-order valence-corrected chi connectivity index (χ0v) is 15.9. The van der Waals surface area contributed by atoms with Gasteiger partial charge in [0.2, 0.25) is 0 Å². The van der Waals surface area contributed by atoms with E-state index >= 15 is 0 Å². The van der Waals surface area contributed by atoms with Crippen molar-refractivity contribution in [2.75, 3.05) is 31.1 Å². The van der Waals surface area contributed by atoms with Gasteiger partial charge in [0, 0.05) is 38.4 Å². The minimum Gasteiger partial charge on any atom is -0.317 e. The number of rotatable bonds is 3. The smallest absolute Gasteiger partial charge is 0.317 e. The predicted molar refractivity (Wildman–Crippen MR) is 101 cm³/mol. The van der Waals surface area contributed by atoms with Gasteiger partial charge in [-0.15, -0.1) is 0 Å². The molecule has 9 heteroatoms. The number of carbonyl (C=O) groups excluding carboxylic acids is 1. The van der Waals surface area contributed by atoms with Crippen LogP contribution in [0.15, 0.2) is 42.5 Å². The zero-order valence-electron chi connectivity index (χ0n) is 15.9. The van der Waals surface area contributed by atoms with Crippen LogP contribution in [0, 0.1) is 17.1 Å². The number of nitriles is 1. The molecule has 0 spiro atoms. The Hall–Kier alpha value is -3.12. The van der Waals surface area contributed by atoms with Crippen LogP contribution in [-0.2, 0) is 12.7 Å². The first-order chi connectivity index (χ1) is 14.3. The molecule has 2 saturated heterocycles. The molecule has 0 aromatic heterocycles. The maximum absolute atomic E-state index is 13.3. The van der Waals surface area contributed by atoms with Crippen molar-refractivity contribution in [2.45, 2.75) is 18.8 Å². The fourth-order valence-corrected chi connectivity index (χ4v) is 4.01. The molecular formula is C21H18F4N4O. The first-order valence-electron chi connectivity index (χ1n) is 9.42. The second-order valence-corrected chi connectivity index (χ2v) is 7.44. The Morgan fingerprint density at radius 2 is 1.80 bits per heavy atom. The summed E-state index contributed by atoms with van der Waals surface area (Å²) in [4.78, 5) is 18.0. The topological polar surface area (TPSA) is 50.6 Å². The van der Waals surface area contributed by atoms with Gasteiger partial charge in [-0.2, -0.15) is 18.4 Å². The summed E-state index contributed by atoms with van der Waals surface area (Å²) in [5.41, 5.74) is -0.432. The Morgan fingerprint density at radius 3 is 2.47 bits per heavy atom. The highest BCUT2D eigenvalue weighted by atomic mass is 19.4. The number of nitrogens with zero attached hydrogens (tertiary/aromatic N) is 4. The minimum absolute atomic E-state index is 0.130. The van der Waals surface area contributed by atoms with E-state index in [1.165, 1.54) is 23.1 Å². The Morgan fingerprint density at radius 1 is 1.07 bits per heavy atom. The van der Waals surface area contributed by atoms with E-state index in [1.54, 1.807) is 23.1 Å². The van der Waals surface area contributed by atoms with Crippen LogP contribution in [0.3, 0.4) is 0 Å². The second-order valence-electron chi connectivity index (χ2n) is 7.44. The number of fused-ring (bicyclic) bond motifs is 1. The van der Waals surface area contributed by atoms with Crippen LogP contribution in [0.5, 0.6) is 0 Å². The molecule has 0 N–H and O–H groups in total. The second kappa shape index (κ2) is 7.61. The number of benzene rings is 2. The van der Waals surface area contributed by atoms with E-state index in [4.69, 9.17) is 5.26 Å². The third-order valence-corrected chi connectivity index (χ3v) is 5.50. The highest BCUT2D eigenvalue weighted by molar-refractivity contribution is 5.95. The molecule has 0 aliphatic carbocycles. The van der Waals surface area contributed by atoms with Crippen molar-refractivity contribution in [1.29, 1.82) is 5.26 Å². The molecule has 5 nitrogen and oxygen atoms in total. The number of urea groups is 1. The molecule has 2 heterocycles. The molecule has 30 heavy (non-hydrogen) atoms. The van der Waals surface area contributed by atoms with Crippen molar-refractivity contribution in [3.63, 3.8) is 0 Å². The lowest BCUT2D eigenvalue weighted by Crippen LogP contribution is -2.51. The van der Waals surface area contributed by atoms with Crippen molar-refractivity contribution in [1.82, 2.24) is 9.80 Å². The number of halogens is 4. The Labute approximate surface area is 170 Å². The van der Waals surface area contributed by atoms with Crippen LogP contribution in [0.4, 0.5) is 28.0 Å². The van der Waals surface area contributed by atoms with Crippen molar-refractivity contribution in [3.05, 3.63) is 65.0 Å². The lowest BCUT2D eigenvalue weighted by molar-refractivity contribution is -0.137. The first-order valence-corrected chi connectivity index (χ1v) is 9.42. The van der Waals surface area contributed by atoms with E-state index < -0.39 is 17.3 Å². The molecule has 156 valence electrons. The maximum atomic E-state index is 13.3. The van der Waals surface area contributed by atoms with Gasteiger partial charge in [0.1, 0.15) is 5.82 Å². The number of anilines is 1. The third kappa shape index (κ3) is 3.83. The van der Waals surface area contributed by atoms with Crippen LogP contribution in [0.25, 0.3) is 0 Å². The van der Waals surface area contributed by atoms with Gasteiger partial charge in [0.25, 0.3) is 0 Å². The zero-order chi connectivity index (χ0) is 21.5. The summed E-state index contributed by atoms with van der Waals surface area (Å²) >= 11 is 0. The molecule has 1 atom stereocenters. The van der Waals surface area contributed by atoms with E-state index in [-0.39, 0.29) is 30.1 Å². The largest absolute Gasteiger partial charge is 0.417 e. The molecule has 0 bridgehead atoms. The van der Waals surface area contributed by atoms with Gasteiger partial charge in [0.05, 0.1) is 23.2 Å². The highest BCUT2D eigenvalue weighted by Crippen LogP contribution is 2.36. The Kier molecular flexibility index (Phi) is 5.12. The number of amides is 2. The monoisotopic (exact) mass is 418 g/mol. The first kappa shape index (κ1) is 20.2. The van der Waals surface area contributed by atoms with Gasteiger partial charge in [-0.05, 0) is 35.9 Å². The average molecular weight is 418 g/mol. The molecule has 0 saturated carbocycles. The molecule has 0 radical (unpaired) electrons. The van der Waals surface area contributed by atoms with E-state index in [2.05, 4.69) is 4.90 Å². The number of piperazine rings is 1. The average Bonchev–Trinajstić information content (AvgIpc) is 3.04. The van der Waals surface area contributed by atoms with Crippen LogP contribution in [0.2, 0.25) is 0 Å². The summed E-state index contributed by atoms with van der Waals surface area (Å²) in [6, 6.07) is 10.6. The number of alkyl halides is 3. The molecule has 2 aromatic carbocycles. The standard InChI is InChI=1S/C21H18F4N4O/c22-16-4-1-14(2-5-16)11-27-7-8-28-18(12-27)13-29(20(28)30)17-6-3-15(10-26)19(9-17)21(23,24)25/h1-6,9,18H,7-8,11-13H2. The molecular weight excluding hydrogens is 400 g/mol. The van der Waals surface area contributed by atoms with Gasteiger partial charge < -0.3 is 4.90 Å².